The topological polar surface area (TPSA) is 9.23 Å². The van der Waals surface area contributed by atoms with E-state index in [1.165, 1.54) is 12.8 Å². The number of rotatable bonds is 2. The third-order valence-corrected chi connectivity index (χ3v) is 1.55. The first kappa shape index (κ1) is 6.60. The van der Waals surface area contributed by atoms with E-state index in [2.05, 4.69) is 12.3 Å². The molecular formula is C8H12O. The lowest BCUT2D eigenvalue weighted by Gasteiger charge is -2.02. The van der Waals surface area contributed by atoms with E-state index < -0.39 is 0 Å². The third-order valence-electron chi connectivity index (χ3n) is 1.55. The lowest BCUT2D eigenvalue weighted by atomic mass is 10.2. The highest BCUT2D eigenvalue weighted by atomic mass is 16.5. The largest absolute Gasteiger partial charge is 0.378 e. The van der Waals surface area contributed by atoms with Crippen LogP contribution in [0.1, 0.15) is 19.3 Å². The molecule has 9 heavy (non-hydrogen) atoms. The van der Waals surface area contributed by atoms with Crippen molar-refractivity contribution >= 4 is 0 Å². The first-order chi connectivity index (χ1) is 4.43. The molecule has 0 aromatic heterocycles. The van der Waals surface area contributed by atoms with E-state index in [1.54, 1.807) is 0 Å². The second-order valence-corrected chi connectivity index (χ2v) is 2.28. The Kier molecular flexibility index (Phi) is 2.56. The van der Waals surface area contributed by atoms with Gasteiger partial charge in [-0.1, -0.05) is 6.58 Å². The van der Waals surface area contributed by atoms with Gasteiger partial charge in [0.2, 0.25) is 0 Å². The van der Waals surface area contributed by atoms with Gasteiger partial charge < -0.3 is 4.74 Å². The highest BCUT2D eigenvalue weighted by molar-refractivity contribution is 4.81. The molecule has 1 aliphatic heterocycles. The van der Waals surface area contributed by atoms with Crippen LogP contribution in [0.25, 0.3) is 0 Å². The Hall–Kier alpha value is -0.520. The van der Waals surface area contributed by atoms with Gasteiger partial charge in [0, 0.05) is 6.61 Å². The summed E-state index contributed by atoms with van der Waals surface area (Å²) in [5.41, 5.74) is 2.74. The maximum absolute atomic E-state index is 5.36. The van der Waals surface area contributed by atoms with Gasteiger partial charge in [-0.05, 0) is 25.3 Å². The van der Waals surface area contributed by atoms with Gasteiger partial charge in [0.05, 0.1) is 6.10 Å². The molecule has 1 heterocycles. The van der Waals surface area contributed by atoms with Gasteiger partial charge in [0.15, 0.2) is 0 Å². The van der Waals surface area contributed by atoms with Gasteiger partial charge in [-0.2, -0.15) is 0 Å². The monoisotopic (exact) mass is 124 g/mol. The van der Waals surface area contributed by atoms with Crippen molar-refractivity contribution in [3.63, 3.8) is 0 Å². The zero-order valence-corrected chi connectivity index (χ0v) is 5.60. The Morgan fingerprint density at radius 1 is 1.78 bits per heavy atom. The highest BCUT2D eigenvalue weighted by Gasteiger charge is 2.12. The average molecular weight is 124 g/mol. The van der Waals surface area contributed by atoms with E-state index in [-0.39, 0.29) is 0 Å². The molecule has 0 N–H and O–H groups in total. The van der Waals surface area contributed by atoms with Gasteiger partial charge in [-0.25, -0.2) is 0 Å². The first-order valence-corrected chi connectivity index (χ1v) is 3.39. The lowest BCUT2D eigenvalue weighted by molar-refractivity contribution is 0.113. The van der Waals surface area contributed by atoms with Crippen LogP contribution in [-0.2, 0) is 4.74 Å². The first-order valence-electron chi connectivity index (χ1n) is 3.39. The summed E-state index contributed by atoms with van der Waals surface area (Å²) in [7, 11) is 0. The van der Waals surface area contributed by atoms with Gasteiger partial charge >= 0.3 is 0 Å². The van der Waals surface area contributed by atoms with E-state index in [0.29, 0.717) is 6.10 Å². The zero-order valence-electron chi connectivity index (χ0n) is 5.60. The number of hydrogen-bond acceptors (Lipinski definition) is 1. The Morgan fingerprint density at radius 2 is 2.67 bits per heavy atom. The fraction of sp³-hybridized carbons (Fsp3) is 0.625. The predicted octanol–water partition coefficient (Wildman–Crippen LogP) is 1.90. The Bertz CT molecular complexity index is 117. The zero-order chi connectivity index (χ0) is 6.53. The van der Waals surface area contributed by atoms with E-state index in [0.717, 1.165) is 13.0 Å². The molecule has 0 aliphatic carbocycles. The van der Waals surface area contributed by atoms with E-state index >= 15 is 0 Å². The molecule has 0 aromatic rings. The minimum absolute atomic E-state index is 0.458. The van der Waals surface area contributed by atoms with E-state index in [9.17, 15) is 0 Å². The lowest BCUT2D eigenvalue weighted by Crippen LogP contribution is -2.01. The molecule has 0 amide bonds. The molecule has 0 spiro atoms. The molecule has 0 bridgehead atoms. The summed E-state index contributed by atoms with van der Waals surface area (Å²) in [5.74, 6) is 0. The van der Waals surface area contributed by atoms with Crippen molar-refractivity contribution in [2.45, 2.75) is 25.4 Å². The quantitative estimate of drug-likeness (QED) is 0.511. The third kappa shape index (κ3) is 2.05. The second-order valence-electron chi connectivity index (χ2n) is 2.28. The Labute approximate surface area is 56.0 Å². The molecule has 50 valence electrons. The molecule has 0 radical (unpaired) electrons. The minimum Gasteiger partial charge on any atom is -0.378 e. The van der Waals surface area contributed by atoms with Crippen LogP contribution < -0.4 is 0 Å². The standard InChI is InChI=1S/C8H12O/c1-2-3-5-8-6-4-7-9-8/h3,8H,1,4-7H2. The molecule has 1 nitrogen and oxygen atoms in total. The summed E-state index contributed by atoms with van der Waals surface area (Å²) in [6, 6.07) is 0. The molecule has 1 atom stereocenters. The summed E-state index contributed by atoms with van der Waals surface area (Å²) in [4.78, 5) is 0. The SMILES string of the molecule is C=C=CCC1CCCO1. The molecule has 0 saturated carbocycles. The molecule has 1 unspecified atom stereocenters. The van der Waals surface area contributed by atoms with Gasteiger partial charge in [-0.15, -0.1) is 5.73 Å². The summed E-state index contributed by atoms with van der Waals surface area (Å²) in [5, 5.41) is 0. The van der Waals surface area contributed by atoms with Crippen LogP contribution in [0.15, 0.2) is 18.4 Å². The van der Waals surface area contributed by atoms with Gasteiger partial charge in [0.1, 0.15) is 0 Å². The smallest absolute Gasteiger partial charge is 0.0616 e. The van der Waals surface area contributed by atoms with Crippen molar-refractivity contribution in [2.24, 2.45) is 0 Å². The van der Waals surface area contributed by atoms with E-state index in [1.807, 2.05) is 6.08 Å². The van der Waals surface area contributed by atoms with Gasteiger partial charge in [-0.3, -0.25) is 0 Å². The van der Waals surface area contributed by atoms with Crippen LogP contribution in [0.3, 0.4) is 0 Å². The Balaban J connectivity index is 2.18. The van der Waals surface area contributed by atoms with Crippen molar-refractivity contribution < 1.29 is 4.74 Å². The van der Waals surface area contributed by atoms with Crippen LogP contribution in [0.5, 0.6) is 0 Å². The van der Waals surface area contributed by atoms with Crippen molar-refractivity contribution in [2.75, 3.05) is 6.61 Å². The second kappa shape index (κ2) is 3.49. The molecule has 0 aromatic carbocycles. The number of ether oxygens (including phenoxy) is 1. The van der Waals surface area contributed by atoms with Crippen molar-refractivity contribution in [3.8, 4) is 0 Å². The maximum atomic E-state index is 5.36. The van der Waals surface area contributed by atoms with Crippen molar-refractivity contribution in [1.82, 2.24) is 0 Å². The van der Waals surface area contributed by atoms with Crippen LogP contribution >= 0.6 is 0 Å². The average Bonchev–Trinajstić information content (AvgIpc) is 2.34. The molecule has 1 aliphatic rings. The molecule has 1 saturated heterocycles. The van der Waals surface area contributed by atoms with Crippen LogP contribution in [0, 0.1) is 0 Å². The van der Waals surface area contributed by atoms with Crippen molar-refractivity contribution in [3.05, 3.63) is 18.4 Å². The predicted molar refractivity (Wildman–Crippen MR) is 37.3 cm³/mol. The van der Waals surface area contributed by atoms with Crippen molar-refractivity contribution in [1.29, 1.82) is 0 Å². The summed E-state index contributed by atoms with van der Waals surface area (Å²) in [6.45, 7) is 4.43. The molecular weight excluding hydrogens is 112 g/mol. The molecule has 1 heteroatoms. The van der Waals surface area contributed by atoms with Crippen LogP contribution in [0.4, 0.5) is 0 Å². The molecule has 1 fully saturated rings. The summed E-state index contributed by atoms with van der Waals surface area (Å²) in [6.07, 6.45) is 5.81. The Morgan fingerprint density at radius 3 is 3.22 bits per heavy atom. The maximum Gasteiger partial charge on any atom is 0.0616 e. The molecule has 1 rings (SSSR count). The fourth-order valence-corrected chi connectivity index (χ4v) is 1.05. The minimum atomic E-state index is 0.458. The van der Waals surface area contributed by atoms with Gasteiger partial charge in [0.25, 0.3) is 0 Å². The normalized spacial score (nSPS) is 25.6. The highest BCUT2D eigenvalue weighted by Crippen LogP contribution is 2.14. The van der Waals surface area contributed by atoms with Crippen LogP contribution in [0.2, 0.25) is 0 Å². The van der Waals surface area contributed by atoms with Crippen LogP contribution in [-0.4, -0.2) is 12.7 Å². The summed E-state index contributed by atoms with van der Waals surface area (Å²) >= 11 is 0. The fourth-order valence-electron chi connectivity index (χ4n) is 1.05. The number of hydrogen-bond donors (Lipinski definition) is 0. The summed E-state index contributed by atoms with van der Waals surface area (Å²) < 4.78 is 5.36. The van der Waals surface area contributed by atoms with E-state index in [4.69, 9.17) is 4.74 Å².